The summed E-state index contributed by atoms with van der Waals surface area (Å²) in [7, 11) is 0. The number of anilines is 1. The summed E-state index contributed by atoms with van der Waals surface area (Å²) in [6, 6.07) is 6.23. The minimum Gasteiger partial charge on any atom is -0.369 e. The second kappa shape index (κ2) is 3.01. The molecule has 3 rings (SSSR count). The van der Waals surface area contributed by atoms with Crippen molar-refractivity contribution in [1.82, 2.24) is 0 Å². The van der Waals surface area contributed by atoms with Gasteiger partial charge in [-0.2, -0.15) is 0 Å². The molecule has 0 amide bonds. The molecule has 3 heteroatoms. The number of benzene rings is 1. The van der Waals surface area contributed by atoms with Gasteiger partial charge in [0.1, 0.15) is 0 Å². The Morgan fingerprint density at radius 3 is 2.64 bits per heavy atom. The van der Waals surface area contributed by atoms with Crippen molar-refractivity contribution in [2.24, 2.45) is 5.41 Å². The predicted molar refractivity (Wildman–Crippen MR) is 68.0 cm³/mol. The van der Waals surface area contributed by atoms with Crippen LogP contribution in [0, 0.1) is 8.99 Å². The zero-order valence-corrected chi connectivity index (χ0v) is 10.7. The zero-order chi connectivity index (χ0) is 9.76. The molecule has 0 unspecified atom stereocenters. The van der Waals surface area contributed by atoms with E-state index >= 15 is 0 Å². The third kappa shape index (κ3) is 1.43. The first-order chi connectivity index (χ1) is 6.69. The summed E-state index contributed by atoms with van der Waals surface area (Å²) in [5, 5.41) is 0.890. The van der Waals surface area contributed by atoms with Crippen LogP contribution in [0.25, 0.3) is 0 Å². The van der Waals surface area contributed by atoms with Gasteiger partial charge in [0, 0.05) is 22.1 Å². The second-order valence-electron chi connectivity index (χ2n) is 4.45. The maximum atomic E-state index is 6.17. The van der Waals surface area contributed by atoms with Crippen molar-refractivity contribution in [1.29, 1.82) is 0 Å². The third-order valence-electron chi connectivity index (χ3n) is 3.26. The van der Waals surface area contributed by atoms with E-state index in [0.717, 1.165) is 5.02 Å². The standard InChI is InChI=1S/C11H11ClIN/c12-9-2-1-8(13)5-10(9)14-6-11(7-14)3-4-11/h1-2,5H,3-4,6-7H2. The van der Waals surface area contributed by atoms with Crippen LogP contribution in [0.5, 0.6) is 0 Å². The average molecular weight is 320 g/mol. The van der Waals surface area contributed by atoms with Gasteiger partial charge in [-0.1, -0.05) is 11.6 Å². The highest BCUT2D eigenvalue weighted by molar-refractivity contribution is 14.1. The molecule has 1 aliphatic heterocycles. The van der Waals surface area contributed by atoms with Gasteiger partial charge in [-0.05, 0) is 53.6 Å². The van der Waals surface area contributed by atoms with Crippen molar-refractivity contribution in [3.8, 4) is 0 Å². The lowest BCUT2D eigenvalue weighted by Crippen LogP contribution is -2.48. The fourth-order valence-electron chi connectivity index (χ4n) is 2.15. The van der Waals surface area contributed by atoms with Crippen molar-refractivity contribution in [3.63, 3.8) is 0 Å². The zero-order valence-electron chi connectivity index (χ0n) is 7.76. The Hall–Kier alpha value is 0.0400. The summed E-state index contributed by atoms with van der Waals surface area (Å²) < 4.78 is 1.26. The molecule has 14 heavy (non-hydrogen) atoms. The molecule has 1 aromatic rings. The molecule has 0 bridgehead atoms. The normalized spacial score (nSPS) is 22.3. The van der Waals surface area contributed by atoms with E-state index < -0.39 is 0 Å². The molecule has 1 aromatic carbocycles. The van der Waals surface area contributed by atoms with Gasteiger partial charge < -0.3 is 4.90 Å². The largest absolute Gasteiger partial charge is 0.369 e. The van der Waals surface area contributed by atoms with Crippen LogP contribution in [-0.4, -0.2) is 13.1 Å². The molecule has 1 saturated heterocycles. The molecule has 0 atom stereocenters. The Bertz CT molecular complexity index is 379. The van der Waals surface area contributed by atoms with Crippen molar-refractivity contribution < 1.29 is 0 Å². The molecule has 1 heterocycles. The number of halogens is 2. The lowest BCUT2D eigenvalue weighted by atomic mass is 9.96. The molecular weight excluding hydrogens is 308 g/mol. The first kappa shape index (κ1) is 9.28. The lowest BCUT2D eigenvalue weighted by molar-refractivity contribution is 0.387. The molecule has 2 fully saturated rings. The van der Waals surface area contributed by atoms with Gasteiger partial charge in [-0.25, -0.2) is 0 Å². The molecule has 2 aliphatic rings. The summed E-state index contributed by atoms with van der Waals surface area (Å²) in [6.07, 6.45) is 2.84. The van der Waals surface area contributed by atoms with Gasteiger partial charge >= 0.3 is 0 Å². The third-order valence-corrected chi connectivity index (χ3v) is 4.25. The Balaban J connectivity index is 1.85. The maximum absolute atomic E-state index is 6.17. The molecule has 1 aliphatic carbocycles. The van der Waals surface area contributed by atoms with Crippen molar-refractivity contribution in [2.75, 3.05) is 18.0 Å². The highest BCUT2D eigenvalue weighted by Gasteiger charge is 2.52. The van der Waals surface area contributed by atoms with Crippen LogP contribution >= 0.6 is 34.2 Å². The van der Waals surface area contributed by atoms with Crippen LogP contribution < -0.4 is 4.90 Å². The van der Waals surface area contributed by atoms with Crippen LogP contribution in [0.15, 0.2) is 18.2 Å². The van der Waals surface area contributed by atoms with Gasteiger partial charge in [0.25, 0.3) is 0 Å². The Morgan fingerprint density at radius 1 is 1.29 bits per heavy atom. The van der Waals surface area contributed by atoms with E-state index in [1.54, 1.807) is 0 Å². The number of nitrogens with zero attached hydrogens (tertiary/aromatic N) is 1. The van der Waals surface area contributed by atoms with E-state index in [2.05, 4.69) is 39.6 Å². The van der Waals surface area contributed by atoms with Crippen LogP contribution in [-0.2, 0) is 0 Å². The van der Waals surface area contributed by atoms with Crippen LogP contribution in [0.1, 0.15) is 12.8 Å². The Morgan fingerprint density at radius 2 is 2.00 bits per heavy atom. The summed E-state index contributed by atoms with van der Waals surface area (Å²) in [6.45, 7) is 2.43. The van der Waals surface area contributed by atoms with Crippen LogP contribution in [0.2, 0.25) is 5.02 Å². The Kier molecular flexibility index (Phi) is 2.00. The topological polar surface area (TPSA) is 3.24 Å². The van der Waals surface area contributed by atoms with E-state index in [1.807, 2.05) is 6.07 Å². The Labute approximate surface area is 103 Å². The molecule has 0 radical (unpaired) electrons. The van der Waals surface area contributed by atoms with E-state index in [9.17, 15) is 0 Å². The summed E-state index contributed by atoms with van der Waals surface area (Å²) in [5.41, 5.74) is 1.92. The first-order valence-corrected chi connectivity index (χ1v) is 6.34. The molecular formula is C11H11ClIN. The van der Waals surface area contributed by atoms with Gasteiger partial charge in [0.15, 0.2) is 0 Å². The lowest BCUT2D eigenvalue weighted by Gasteiger charge is -2.42. The SMILES string of the molecule is Clc1ccc(I)cc1N1CC2(CC2)C1. The van der Waals surface area contributed by atoms with E-state index in [0.29, 0.717) is 5.41 Å². The van der Waals surface area contributed by atoms with Crippen LogP contribution in [0.4, 0.5) is 5.69 Å². The van der Waals surface area contributed by atoms with Gasteiger partial charge in [-0.15, -0.1) is 0 Å². The monoisotopic (exact) mass is 319 g/mol. The fourth-order valence-corrected chi connectivity index (χ4v) is 2.87. The molecule has 1 nitrogen and oxygen atoms in total. The van der Waals surface area contributed by atoms with Gasteiger partial charge in [-0.3, -0.25) is 0 Å². The van der Waals surface area contributed by atoms with Gasteiger partial charge in [0.2, 0.25) is 0 Å². The molecule has 0 N–H and O–H groups in total. The molecule has 74 valence electrons. The van der Waals surface area contributed by atoms with E-state index in [-0.39, 0.29) is 0 Å². The maximum Gasteiger partial charge on any atom is 0.0640 e. The highest BCUT2D eigenvalue weighted by Crippen LogP contribution is 2.54. The molecule has 1 saturated carbocycles. The minimum atomic E-state index is 0.699. The number of hydrogen-bond donors (Lipinski definition) is 0. The fraction of sp³-hybridized carbons (Fsp3) is 0.455. The quantitative estimate of drug-likeness (QED) is 0.716. The van der Waals surface area contributed by atoms with E-state index in [1.165, 1.54) is 35.2 Å². The summed E-state index contributed by atoms with van der Waals surface area (Å²) in [5.74, 6) is 0. The van der Waals surface area contributed by atoms with Crippen molar-refractivity contribution in [2.45, 2.75) is 12.8 Å². The van der Waals surface area contributed by atoms with Gasteiger partial charge in [0.05, 0.1) is 10.7 Å². The number of hydrogen-bond acceptors (Lipinski definition) is 1. The molecule has 1 spiro atoms. The average Bonchev–Trinajstić information content (AvgIpc) is 2.86. The van der Waals surface area contributed by atoms with Crippen molar-refractivity contribution in [3.05, 3.63) is 26.8 Å². The number of rotatable bonds is 1. The van der Waals surface area contributed by atoms with E-state index in [4.69, 9.17) is 11.6 Å². The van der Waals surface area contributed by atoms with Crippen LogP contribution in [0.3, 0.4) is 0 Å². The van der Waals surface area contributed by atoms with Crippen molar-refractivity contribution >= 4 is 39.9 Å². The predicted octanol–water partition coefficient (Wildman–Crippen LogP) is 3.54. The highest BCUT2D eigenvalue weighted by atomic mass is 127. The second-order valence-corrected chi connectivity index (χ2v) is 6.10. The molecule has 0 aromatic heterocycles. The minimum absolute atomic E-state index is 0.699. The summed E-state index contributed by atoms with van der Waals surface area (Å²) >= 11 is 8.51. The first-order valence-electron chi connectivity index (χ1n) is 4.89. The smallest absolute Gasteiger partial charge is 0.0640 e. The summed E-state index contributed by atoms with van der Waals surface area (Å²) in [4.78, 5) is 2.40.